The molecule has 31 heavy (non-hydrogen) atoms. The van der Waals surface area contributed by atoms with Crippen LogP contribution in [0.4, 0.5) is 22.0 Å². The number of carbonyl (C=O) groups excluding carboxylic acids is 1. The zero-order valence-corrected chi connectivity index (χ0v) is 19.0. The lowest BCUT2D eigenvalue weighted by Gasteiger charge is -2.28. The molecule has 4 heterocycles. The summed E-state index contributed by atoms with van der Waals surface area (Å²) in [6.45, 7) is 13.1. The molecule has 0 aliphatic carbocycles. The van der Waals surface area contributed by atoms with Gasteiger partial charge in [0.25, 0.3) is 0 Å². The van der Waals surface area contributed by atoms with Gasteiger partial charge in [-0.05, 0) is 38.7 Å². The van der Waals surface area contributed by atoms with E-state index in [1.807, 2.05) is 36.8 Å². The van der Waals surface area contributed by atoms with Crippen molar-refractivity contribution in [3.63, 3.8) is 0 Å². The van der Waals surface area contributed by atoms with Crippen molar-refractivity contribution in [2.45, 2.75) is 47.5 Å². The first-order valence-corrected chi connectivity index (χ1v) is 11.0. The van der Waals surface area contributed by atoms with Gasteiger partial charge in [0.1, 0.15) is 5.82 Å². The maximum Gasteiger partial charge on any atom is 0.327 e. The van der Waals surface area contributed by atoms with Gasteiger partial charge in [-0.3, -0.25) is 9.30 Å². The summed E-state index contributed by atoms with van der Waals surface area (Å²) >= 11 is 0. The molecule has 2 amide bonds. The summed E-state index contributed by atoms with van der Waals surface area (Å²) in [6.07, 6.45) is 7.46. The van der Waals surface area contributed by atoms with Gasteiger partial charge in [-0.15, -0.1) is 0 Å². The number of carbonyl (C=O) groups is 1. The molecule has 0 atom stereocenters. The van der Waals surface area contributed by atoms with Crippen LogP contribution < -0.4 is 15.1 Å². The van der Waals surface area contributed by atoms with Crippen LogP contribution in [0.2, 0.25) is 0 Å². The van der Waals surface area contributed by atoms with Gasteiger partial charge in [-0.1, -0.05) is 20.8 Å². The number of imidazole rings is 1. The van der Waals surface area contributed by atoms with Gasteiger partial charge < -0.3 is 10.2 Å². The molecule has 0 bridgehead atoms. The maximum absolute atomic E-state index is 13.2. The van der Waals surface area contributed by atoms with Crippen LogP contribution in [-0.4, -0.2) is 45.0 Å². The number of aryl methyl sites for hydroxylation is 2. The first-order chi connectivity index (χ1) is 14.9. The van der Waals surface area contributed by atoms with Crippen LogP contribution in [0.25, 0.3) is 5.78 Å². The van der Waals surface area contributed by atoms with E-state index >= 15 is 0 Å². The highest BCUT2D eigenvalue weighted by molar-refractivity contribution is 6.03. The summed E-state index contributed by atoms with van der Waals surface area (Å²) < 4.78 is 1.83. The van der Waals surface area contributed by atoms with Crippen molar-refractivity contribution < 1.29 is 4.79 Å². The van der Waals surface area contributed by atoms with Crippen molar-refractivity contribution in [2.24, 2.45) is 5.92 Å². The minimum atomic E-state index is -0.185. The summed E-state index contributed by atoms with van der Waals surface area (Å²) in [6, 6.07) is 1.90. The smallest absolute Gasteiger partial charge is 0.327 e. The van der Waals surface area contributed by atoms with E-state index in [1.165, 1.54) is 5.69 Å². The van der Waals surface area contributed by atoms with E-state index in [-0.39, 0.29) is 6.03 Å². The molecule has 164 valence electrons. The molecule has 0 fully saturated rings. The first-order valence-electron chi connectivity index (χ1n) is 11.0. The van der Waals surface area contributed by atoms with Gasteiger partial charge in [0.05, 0.1) is 17.1 Å². The van der Waals surface area contributed by atoms with Crippen LogP contribution in [0.15, 0.2) is 24.7 Å². The number of aromatic nitrogens is 4. The number of amides is 2. The quantitative estimate of drug-likeness (QED) is 0.645. The van der Waals surface area contributed by atoms with Crippen LogP contribution in [0.3, 0.4) is 0 Å². The molecule has 3 aromatic heterocycles. The number of rotatable bonds is 6. The lowest BCUT2D eigenvalue weighted by molar-refractivity contribution is 0.257. The highest BCUT2D eigenvalue weighted by Crippen LogP contribution is 2.34. The van der Waals surface area contributed by atoms with Crippen LogP contribution in [0.1, 0.15) is 44.1 Å². The molecule has 0 saturated heterocycles. The third-order valence-corrected chi connectivity index (χ3v) is 5.51. The lowest BCUT2D eigenvalue weighted by Crippen LogP contribution is -2.34. The van der Waals surface area contributed by atoms with Crippen LogP contribution >= 0.6 is 0 Å². The average Bonchev–Trinajstić information content (AvgIpc) is 3.30. The van der Waals surface area contributed by atoms with Crippen molar-refractivity contribution in [2.75, 3.05) is 34.8 Å². The average molecular weight is 422 g/mol. The largest absolute Gasteiger partial charge is 0.371 e. The lowest BCUT2D eigenvalue weighted by atomic mass is 10.1. The molecule has 0 aromatic carbocycles. The Hall–Kier alpha value is -3.16. The molecular formula is C23H31N7O. The minimum absolute atomic E-state index is 0.185. The molecule has 8 nitrogen and oxygen atoms in total. The van der Waals surface area contributed by atoms with E-state index in [0.29, 0.717) is 23.9 Å². The second-order valence-electron chi connectivity index (χ2n) is 8.63. The Morgan fingerprint density at radius 1 is 1.26 bits per heavy atom. The Morgan fingerprint density at radius 3 is 2.81 bits per heavy atom. The molecule has 4 rings (SSSR count). The number of urea groups is 1. The SMILES string of the molecule is CCCN(CC(C)C)c1ccnc2c1CCN2C(=O)Nc1cn2cc(C)nc2nc1C. The summed E-state index contributed by atoms with van der Waals surface area (Å²) in [7, 11) is 0. The van der Waals surface area contributed by atoms with E-state index in [4.69, 9.17) is 0 Å². The minimum Gasteiger partial charge on any atom is -0.371 e. The molecule has 0 saturated carbocycles. The Morgan fingerprint density at radius 2 is 2.06 bits per heavy atom. The van der Waals surface area contributed by atoms with Crippen LogP contribution in [0.5, 0.6) is 0 Å². The Kier molecular flexibility index (Phi) is 5.80. The van der Waals surface area contributed by atoms with E-state index in [1.54, 1.807) is 4.90 Å². The first kappa shape index (κ1) is 21.1. The van der Waals surface area contributed by atoms with Gasteiger partial charge in [0.2, 0.25) is 5.78 Å². The normalized spacial score (nSPS) is 13.2. The topological polar surface area (TPSA) is 78.7 Å². The zero-order chi connectivity index (χ0) is 22.1. The number of pyridine rings is 1. The highest BCUT2D eigenvalue weighted by Gasteiger charge is 2.30. The van der Waals surface area contributed by atoms with Crippen molar-refractivity contribution in [1.29, 1.82) is 0 Å². The summed E-state index contributed by atoms with van der Waals surface area (Å²) in [5.74, 6) is 1.95. The van der Waals surface area contributed by atoms with Crippen molar-refractivity contribution in [1.82, 2.24) is 19.4 Å². The van der Waals surface area contributed by atoms with Crippen molar-refractivity contribution in [3.8, 4) is 0 Å². The molecule has 0 unspecified atom stereocenters. The van der Waals surface area contributed by atoms with Gasteiger partial charge in [-0.2, -0.15) is 0 Å². The fourth-order valence-electron chi connectivity index (χ4n) is 4.22. The number of hydrogen-bond donors (Lipinski definition) is 1. The van der Waals surface area contributed by atoms with Crippen LogP contribution in [0, 0.1) is 19.8 Å². The second-order valence-corrected chi connectivity index (χ2v) is 8.63. The summed E-state index contributed by atoms with van der Waals surface area (Å²) in [4.78, 5) is 30.8. The number of nitrogens with one attached hydrogen (secondary N) is 1. The number of fused-ring (bicyclic) bond motifs is 2. The molecule has 1 N–H and O–H groups in total. The van der Waals surface area contributed by atoms with Crippen LogP contribution in [-0.2, 0) is 6.42 Å². The van der Waals surface area contributed by atoms with E-state index < -0.39 is 0 Å². The maximum atomic E-state index is 13.2. The fraction of sp³-hybridized carbons (Fsp3) is 0.478. The van der Waals surface area contributed by atoms with Crippen molar-refractivity contribution in [3.05, 3.63) is 41.6 Å². The van der Waals surface area contributed by atoms with E-state index in [0.717, 1.165) is 48.7 Å². The Balaban J connectivity index is 1.59. The third kappa shape index (κ3) is 4.19. The van der Waals surface area contributed by atoms with Gasteiger partial charge >= 0.3 is 6.03 Å². The van der Waals surface area contributed by atoms with E-state index in [9.17, 15) is 4.79 Å². The second kappa shape index (κ2) is 8.53. The third-order valence-electron chi connectivity index (χ3n) is 5.51. The molecule has 1 aliphatic rings. The molecular weight excluding hydrogens is 390 g/mol. The predicted octanol–water partition coefficient (Wildman–Crippen LogP) is 4.21. The number of nitrogens with zero attached hydrogens (tertiary/aromatic N) is 6. The molecule has 1 aliphatic heterocycles. The van der Waals surface area contributed by atoms with Gasteiger partial charge in [0, 0.05) is 49.5 Å². The molecule has 8 heteroatoms. The van der Waals surface area contributed by atoms with Crippen molar-refractivity contribution >= 4 is 29.0 Å². The molecule has 0 radical (unpaired) electrons. The molecule has 3 aromatic rings. The highest BCUT2D eigenvalue weighted by atomic mass is 16.2. The van der Waals surface area contributed by atoms with Gasteiger partial charge in [0.15, 0.2) is 0 Å². The zero-order valence-electron chi connectivity index (χ0n) is 19.0. The monoisotopic (exact) mass is 421 g/mol. The Labute approximate surface area is 183 Å². The summed E-state index contributed by atoms with van der Waals surface area (Å²) in [5, 5.41) is 3.02. The van der Waals surface area contributed by atoms with Gasteiger partial charge in [-0.25, -0.2) is 19.7 Å². The predicted molar refractivity (Wildman–Crippen MR) is 124 cm³/mol. The van der Waals surface area contributed by atoms with E-state index in [2.05, 4.69) is 52.0 Å². The standard InChI is InChI=1S/C23H31N7O/c1-6-10-28(12-15(2)3)20-7-9-24-21-18(20)8-11-30(21)23(31)27-19-14-29-13-16(4)25-22(29)26-17(19)5/h7,9,13-15H,6,8,10-12H2,1-5H3,(H,27,31). The fourth-order valence-corrected chi connectivity index (χ4v) is 4.22. The Bertz CT molecular complexity index is 1100. The number of hydrogen-bond acceptors (Lipinski definition) is 5. The molecule has 0 spiro atoms. The number of anilines is 3. The summed E-state index contributed by atoms with van der Waals surface area (Å²) in [5.41, 5.74) is 4.65.